The van der Waals surface area contributed by atoms with Crippen LogP contribution in [0.3, 0.4) is 0 Å². The van der Waals surface area contributed by atoms with Crippen LogP contribution in [0.1, 0.15) is 16.7 Å². The molecule has 0 aromatic heterocycles. The zero-order valence-electron chi connectivity index (χ0n) is 16.2. The standard InChI is InChI=1S/C22H21NO4S.Na/c24-22(25)12-15-5-6-19-10-16(11-20(19)9-15)14-23-28(26,27)21-8-7-17-3-1-2-4-18(17)13-21;/h1-9,13,16,23H,10-12,14H2,(H,24,25);/q;+1/p-1. The van der Waals surface area contributed by atoms with E-state index >= 15 is 0 Å². The molecule has 0 saturated heterocycles. The van der Waals surface area contributed by atoms with Crippen LogP contribution in [0.5, 0.6) is 0 Å². The van der Waals surface area contributed by atoms with E-state index in [-0.39, 0.29) is 46.8 Å². The Morgan fingerprint density at radius 3 is 2.45 bits per heavy atom. The van der Waals surface area contributed by atoms with Gasteiger partial charge < -0.3 is 9.90 Å². The summed E-state index contributed by atoms with van der Waals surface area (Å²) in [5, 5.41) is 12.7. The van der Waals surface area contributed by atoms with Gasteiger partial charge in [0.05, 0.1) is 4.90 Å². The van der Waals surface area contributed by atoms with Crippen molar-refractivity contribution in [2.45, 2.75) is 24.2 Å². The van der Waals surface area contributed by atoms with Crippen molar-refractivity contribution in [2.24, 2.45) is 5.92 Å². The second kappa shape index (κ2) is 8.98. The predicted molar refractivity (Wildman–Crippen MR) is 105 cm³/mol. The fourth-order valence-corrected chi connectivity index (χ4v) is 4.98. The molecular formula is C22H20NNaO4S. The summed E-state index contributed by atoms with van der Waals surface area (Å²) in [7, 11) is -3.59. The first-order chi connectivity index (χ1) is 13.4. The molecule has 144 valence electrons. The molecule has 0 fully saturated rings. The number of carbonyl (C=O) groups is 1. The van der Waals surface area contributed by atoms with Crippen LogP contribution < -0.4 is 39.4 Å². The van der Waals surface area contributed by atoms with Crippen LogP contribution in [0.15, 0.2) is 65.6 Å². The number of fused-ring (bicyclic) bond motifs is 2. The average molecular weight is 417 g/mol. The van der Waals surface area contributed by atoms with Gasteiger partial charge in [-0.3, -0.25) is 0 Å². The van der Waals surface area contributed by atoms with Gasteiger partial charge in [0.15, 0.2) is 0 Å². The zero-order valence-corrected chi connectivity index (χ0v) is 19.0. The maximum absolute atomic E-state index is 12.7. The number of carboxylic acid groups (broad SMARTS) is 1. The normalized spacial score (nSPS) is 15.7. The summed E-state index contributed by atoms with van der Waals surface area (Å²) >= 11 is 0. The van der Waals surface area contributed by atoms with E-state index in [1.165, 1.54) is 0 Å². The van der Waals surface area contributed by atoms with Crippen LogP contribution in [-0.4, -0.2) is 20.9 Å². The number of hydrogen-bond acceptors (Lipinski definition) is 4. The van der Waals surface area contributed by atoms with Gasteiger partial charge >= 0.3 is 29.6 Å². The van der Waals surface area contributed by atoms with Crippen molar-refractivity contribution < 1.29 is 47.9 Å². The minimum absolute atomic E-state index is 0. The van der Waals surface area contributed by atoms with Crippen molar-refractivity contribution in [3.8, 4) is 0 Å². The Kier molecular flexibility index (Phi) is 6.81. The van der Waals surface area contributed by atoms with E-state index in [1.807, 2.05) is 42.5 Å². The fraction of sp³-hybridized carbons (Fsp3) is 0.227. The van der Waals surface area contributed by atoms with Crippen LogP contribution in [0, 0.1) is 5.92 Å². The summed E-state index contributed by atoms with van der Waals surface area (Å²) in [6.45, 7) is 0.347. The van der Waals surface area contributed by atoms with Crippen LogP contribution in [0.25, 0.3) is 10.8 Å². The van der Waals surface area contributed by atoms with E-state index in [9.17, 15) is 18.3 Å². The van der Waals surface area contributed by atoms with Gasteiger partial charge in [0.2, 0.25) is 10.0 Å². The van der Waals surface area contributed by atoms with Crippen LogP contribution >= 0.6 is 0 Å². The summed E-state index contributed by atoms with van der Waals surface area (Å²) in [6.07, 6.45) is 1.41. The minimum Gasteiger partial charge on any atom is -0.550 e. The zero-order chi connectivity index (χ0) is 19.7. The van der Waals surface area contributed by atoms with E-state index in [0.29, 0.717) is 6.54 Å². The average Bonchev–Trinajstić information content (AvgIpc) is 3.08. The molecule has 1 aliphatic rings. The van der Waals surface area contributed by atoms with E-state index in [1.54, 1.807) is 18.2 Å². The number of aliphatic carboxylic acids is 1. The Morgan fingerprint density at radius 2 is 1.69 bits per heavy atom. The smallest absolute Gasteiger partial charge is 0.550 e. The van der Waals surface area contributed by atoms with Crippen molar-refractivity contribution in [1.82, 2.24) is 4.72 Å². The molecule has 0 heterocycles. The number of hydrogen-bond donors (Lipinski definition) is 1. The molecule has 29 heavy (non-hydrogen) atoms. The van der Waals surface area contributed by atoms with Gasteiger partial charge in [0, 0.05) is 18.9 Å². The maximum atomic E-state index is 12.7. The second-order valence-corrected chi connectivity index (χ2v) is 9.05. The molecule has 1 N–H and O–H groups in total. The molecule has 1 unspecified atom stereocenters. The third kappa shape index (κ3) is 5.08. The van der Waals surface area contributed by atoms with Crippen molar-refractivity contribution in [3.05, 3.63) is 77.4 Å². The van der Waals surface area contributed by atoms with E-state index in [2.05, 4.69) is 4.72 Å². The molecule has 3 aromatic carbocycles. The molecule has 1 atom stereocenters. The SMILES string of the molecule is O=C([O-])Cc1ccc2c(c1)CC(CNS(=O)(=O)c1ccc3ccccc3c1)C2.[Na+]. The number of sulfonamides is 1. The Hall–Kier alpha value is -1.70. The summed E-state index contributed by atoms with van der Waals surface area (Å²) in [6, 6.07) is 18.4. The summed E-state index contributed by atoms with van der Waals surface area (Å²) in [5.74, 6) is -0.943. The van der Waals surface area contributed by atoms with E-state index in [4.69, 9.17) is 0 Å². The number of rotatable bonds is 6. The molecule has 0 spiro atoms. The van der Waals surface area contributed by atoms with Gasteiger partial charge in [-0.2, -0.15) is 0 Å². The summed E-state index contributed by atoms with van der Waals surface area (Å²) in [4.78, 5) is 11.0. The van der Waals surface area contributed by atoms with E-state index < -0.39 is 16.0 Å². The van der Waals surface area contributed by atoms with Crippen molar-refractivity contribution in [2.75, 3.05) is 6.54 Å². The van der Waals surface area contributed by atoms with Crippen molar-refractivity contribution in [3.63, 3.8) is 0 Å². The van der Waals surface area contributed by atoms with Gasteiger partial charge in [-0.15, -0.1) is 0 Å². The van der Waals surface area contributed by atoms with Gasteiger partial charge in [0.1, 0.15) is 0 Å². The van der Waals surface area contributed by atoms with Gasteiger partial charge in [-0.1, -0.05) is 48.5 Å². The molecule has 0 radical (unpaired) electrons. The van der Waals surface area contributed by atoms with Crippen molar-refractivity contribution in [1.29, 1.82) is 0 Å². The number of carboxylic acids is 1. The molecule has 7 heteroatoms. The largest absolute Gasteiger partial charge is 1.00 e. The number of carbonyl (C=O) groups excluding carboxylic acids is 1. The van der Waals surface area contributed by atoms with Crippen molar-refractivity contribution >= 4 is 26.8 Å². The molecule has 4 rings (SSSR count). The predicted octanol–water partition coefficient (Wildman–Crippen LogP) is -1.17. The number of nitrogens with one attached hydrogen (secondary N) is 1. The molecular weight excluding hydrogens is 397 g/mol. The third-order valence-electron chi connectivity index (χ3n) is 5.23. The molecule has 0 amide bonds. The fourth-order valence-electron chi connectivity index (χ4n) is 3.83. The maximum Gasteiger partial charge on any atom is 1.00 e. The Bertz CT molecular complexity index is 1160. The van der Waals surface area contributed by atoms with Crippen LogP contribution in [-0.2, 0) is 34.1 Å². The first-order valence-electron chi connectivity index (χ1n) is 9.20. The minimum atomic E-state index is -3.59. The number of benzene rings is 3. The Labute approximate surface area is 192 Å². The molecule has 0 saturated carbocycles. The quantitative estimate of drug-likeness (QED) is 0.512. The molecule has 0 aliphatic heterocycles. The third-order valence-corrected chi connectivity index (χ3v) is 6.65. The molecule has 0 bridgehead atoms. The Morgan fingerprint density at radius 1 is 0.966 bits per heavy atom. The topological polar surface area (TPSA) is 86.3 Å². The Balaban J connectivity index is 0.00000240. The van der Waals surface area contributed by atoms with E-state index in [0.717, 1.165) is 40.3 Å². The van der Waals surface area contributed by atoms with Gasteiger partial charge in [-0.25, -0.2) is 13.1 Å². The first kappa shape index (κ1) is 22.0. The molecule has 1 aliphatic carbocycles. The molecule has 3 aromatic rings. The summed E-state index contributed by atoms with van der Waals surface area (Å²) < 4.78 is 28.1. The summed E-state index contributed by atoms with van der Waals surface area (Å²) in [5.41, 5.74) is 2.96. The van der Waals surface area contributed by atoms with Gasteiger partial charge in [0.25, 0.3) is 0 Å². The monoisotopic (exact) mass is 417 g/mol. The molecule has 5 nitrogen and oxygen atoms in total. The van der Waals surface area contributed by atoms with Crippen LogP contribution in [0.4, 0.5) is 0 Å². The second-order valence-electron chi connectivity index (χ2n) is 7.29. The first-order valence-corrected chi connectivity index (χ1v) is 10.7. The van der Waals surface area contributed by atoms with Crippen LogP contribution in [0.2, 0.25) is 0 Å². The van der Waals surface area contributed by atoms with Gasteiger partial charge in [-0.05, 0) is 58.4 Å².